The Hall–Kier alpha value is -0.323. The van der Waals surface area contributed by atoms with E-state index in [1.807, 2.05) is 13.8 Å². The Balaban J connectivity index is 3.59. The van der Waals surface area contributed by atoms with Gasteiger partial charge >= 0.3 is 6.48 Å². The van der Waals surface area contributed by atoms with Gasteiger partial charge in [-0.25, -0.2) is 0 Å². The van der Waals surface area contributed by atoms with Gasteiger partial charge in [0.25, 0.3) is 0 Å². The predicted octanol–water partition coefficient (Wildman–Crippen LogP) is 0.196. The van der Waals surface area contributed by atoms with E-state index in [0.717, 1.165) is 15.6 Å². The summed E-state index contributed by atoms with van der Waals surface area (Å²) in [5.41, 5.74) is 0. The highest BCUT2D eigenvalue weighted by Crippen LogP contribution is 2.00. The topological polar surface area (TPSA) is 27.7 Å². The molecule has 0 amide bonds. The zero-order chi connectivity index (χ0) is 8.69. The highest BCUT2D eigenvalue weighted by Gasteiger charge is 2.06. The Morgan fingerprint density at radius 3 is 2.09 bits per heavy atom. The molecular weight excluding hydrogens is 160 g/mol. The van der Waals surface area contributed by atoms with Crippen LogP contribution in [0.5, 0.6) is 0 Å². The fourth-order valence-corrected chi connectivity index (χ4v) is 0.745. The van der Waals surface area contributed by atoms with E-state index in [0.29, 0.717) is 13.2 Å². The van der Waals surface area contributed by atoms with Crippen LogP contribution in [0.15, 0.2) is 12.0 Å². The quantitative estimate of drug-likeness (QED) is 0.329. The summed E-state index contributed by atoms with van der Waals surface area (Å²) >= 11 is 0. The van der Waals surface area contributed by atoms with E-state index in [1.54, 1.807) is 0 Å². The van der Waals surface area contributed by atoms with Crippen molar-refractivity contribution in [2.75, 3.05) is 13.2 Å². The van der Waals surface area contributed by atoms with Crippen molar-refractivity contribution in [3.63, 3.8) is 0 Å². The molecule has 0 aromatic carbocycles. The summed E-state index contributed by atoms with van der Waals surface area (Å²) < 4.78 is 15.4. The maximum Gasteiger partial charge on any atom is 0.315 e. The number of hydrogen-bond donors (Lipinski definition) is 0. The first-order valence-corrected chi connectivity index (χ1v) is 4.76. The van der Waals surface area contributed by atoms with Gasteiger partial charge in [0, 0.05) is 0 Å². The van der Waals surface area contributed by atoms with Crippen LogP contribution in [-0.4, -0.2) is 29.9 Å². The first-order chi connectivity index (χ1) is 5.20. The maximum absolute atomic E-state index is 5.15. The molecule has 0 bridgehead atoms. The Kier molecular flexibility index (Phi) is 6.20. The molecule has 0 aromatic heterocycles. The molecule has 4 heteroatoms. The average molecular weight is 176 g/mol. The zero-order valence-corrected chi connectivity index (χ0v) is 9.42. The molecule has 0 saturated heterocycles. The Morgan fingerprint density at radius 2 is 1.82 bits per heavy atom. The third kappa shape index (κ3) is 6.09. The molecule has 0 aromatic rings. The van der Waals surface area contributed by atoms with Crippen molar-refractivity contribution in [1.29, 1.82) is 0 Å². The van der Waals surface area contributed by atoms with E-state index < -0.39 is 6.48 Å². The van der Waals surface area contributed by atoms with Gasteiger partial charge in [0.1, 0.15) is 0 Å². The van der Waals surface area contributed by atoms with Crippen molar-refractivity contribution in [2.45, 2.75) is 20.3 Å². The molecule has 0 aliphatic heterocycles. The first-order valence-electron chi connectivity index (χ1n) is 3.76. The van der Waals surface area contributed by atoms with Crippen molar-refractivity contribution in [1.82, 2.24) is 0 Å². The molecule has 11 heavy (non-hydrogen) atoms. The molecule has 0 aliphatic carbocycles. The fourth-order valence-electron chi connectivity index (χ4n) is 0.553. The summed E-state index contributed by atoms with van der Waals surface area (Å²) in [5.74, 6) is 0. The lowest BCUT2D eigenvalue weighted by molar-refractivity contribution is -0.264. The second kappa shape index (κ2) is 6.39. The monoisotopic (exact) mass is 176 g/mol. The van der Waals surface area contributed by atoms with Crippen LogP contribution in [0.3, 0.4) is 0 Å². The molecule has 0 fully saturated rings. The predicted molar refractivity (Wildman–Crippen MR) is 47.2 cm³/mol. The third-order valence-corrected chi connectivity index (χ3v) is 1.14. The third-order valence-electron chi connectivity index (χ3n) is 0.903. The van der Waals surface area contributed by atoms with Crippen LogP contribution in [0.25, 0.3) is 0 Å². The Morgan fingerprint density at radius 1 is 1.36 bits per heavy atom. The average Bonchev–Trinajstić information content (AvgIpc) is 1.87. The first kappa shape index (κ1) is 10.7. The zero-order valence-electron chi connectivity index (χ0n) is 7.42. The minimum atomic E-state index is -0.560. The summed E-state index contributed by atoms with van der Waals surface area (Å²) in [6, 6.07) is 0. The standard InChI is InChI=1S/C7H16O3Si/c1-4-8-7(9-5-2)10-6(3)11/h7H,3-5H2,1-2,11H3. The molecular formula is C7H16O3Si. The van der Waals surface area contributed by atoms with Crippen molar-refractivity contribution in [3.8, 4) is 0 Å². The van der Waals surface area contributed by atoms with Crippen LogP contribution < -0.4 is 0 Å². The van der Waals surface area contributed by atoms with E-state index in [1.165, 1.54) is 0 Å². The van der Waals surface area contributed by atoms with E-state index >= 15 is 0 Å². The van der Waals surface area contributed by atoms with Crippen molar-refractivity contribution in [2.24, 2.45) is 0 Å². The van der Waals surface area contributed by atoms with Crippen molar-refractivity contribution < 1.29 is 14.2 Å². The molecule has 0 saturated carbocycles. The SMILES string of the molecule is C=C([SiH3])OC(OCC)OCC. The second-order valence-electron chi connectivity index (χ2n) is 2.02. The van der Waals surface area contributed by atoms with E-state index in [2.05, 4.69) is 6.58 Å². The van der Waals surface area contributed by atoms with Gasteiger partial charge in [0.15, 0.2) is 0 Å². The van der Waals surface area contributed by atoms with E-state index in [4.69, 9.17) is 14.2 Å². The molecule has 0 rings (SSSR count). The molecule has 0 spiro atoms. The molecule has 66 valence electrons. The smallest absolute Gasteiger partial charge is 0.315 e. The van der Waals surface area contributed by atoms with Gasteiger partial charge < -0.3 is 14.2 Å². The van der Waals surface area contributed by atoms with Gasteiger partial charge in [-0.1, -0.05) is 6.58 Å². The van der Waals surface area contributed by atoms with Gasteiger partial charge in [0.2, 0.25) is 0 Å². The molecule has 0 heterocycles. The molecule has 0 unspecified atom stereocenters. The lowest BCUT2D eigenvalue weighted by Gasteiger charge is -2.17. The summed E-state index contributed by atoms with van der Waals surface area (Å²) in [6.07, 6.45) is 0. The Labute approximate surface area is 70.8 Å². The van der Waals surface area contributed by atoms with Gasteiger partial charge in [-0.2, -0.15) is 0 Å². The Bertz CT molecular complexity index is 110. The van der Waals surface area contributed by atoms with Crippen LogP contribution in [0.2, 0.25) is 0 Å². The highest BCUT2D eigenvalue weighted by molar-refractivity contribution is 6.19. The summed E-state index contributed by atoms with van der Waals surface area (Å²) in [5, 5.41) is 0.733. The summed E-state index contributed by atoms with van der Waals surface area (Å²) in [7, 11) is 0.804. The van der Waals surface area contributed by atoms with Gasteiger partial charge in [-0.05, 0) is 13.8 Å². The highest BCUT2D eigenvalue weighted by atomic mass is 28.1. The summed E-state index contributed by atoms with van der Waals surface area (Å²) in [6.45, 7) is 8.03. The molecule has 0 N–H and O–H groups in total. The molecule has 0 radical (unpaired) electrons. The van der Waals surface area contributed by atoms with Crippen LogP contribution in [0.4, 0.5) is 0 Å². The number of hydrogen-bond acceptors (Lipinski definition) is 3. The van der Waals surface area contributed by atoms with Crippen LogP contribution in [0, 0.1) is 0 Å². The van der Waals surface area contributed by atoms with Gasteiger partial charge in [0.05, 0.1) is 28.8 Å². The minimum absolute atomic E-state index is 0.560. The normalized spacial score (nSPS) is 10.5. The van der Waals surface area contributed by atoms with E-state index in [9.17, 15) is 0 Å². The lowest BCUT2D eigenvalue weighted by atomic mass is 10.8. The number of rotatable bonds is 6. The second-order valence-corrected chi connectivity index (χ2v) is 3.13. The maximum atomic E-state index is 5.15. The van der Waals surface area contributed by atoms with Crippen molar-refractivity contribution >= 4 is 10.2 Å². The summed E-state index contributed by atoms with van der Waals surface area (Å²) in [4.78, 5) is 0. The van der Waals surface area contributed by atoms with Crippen molar-refractivity contribution in [3.05, 3.63) is 12.0 Å². The van der Waals surface area contributed by atoms with Gasteiger partial charge in [-0.15, -0.1) is 0 Å². The molecule has 0 aliphatic rings. The largest absolute Gasteiger partial charge is 0.453 e. The molecule has 0 atom stereocenters. The minimum Gasteiger partial charge on any atom is -0.453 e. The van der Waals surface area contributed by atoms with Gasteiger partial charge in [-0.3, -0.25) is 0 Å². The van der Waals surface area contributed by atoms with Crippen LogP contribution in [0.1, 0.15) is 13.8 Å². The van der Waals surface area contributed by atoms with Crippen LogP contribution >= 0.6 is 0 Å². The van der Waals surface area contributed by atoms with E-state index in [-0.39, 0.29) is 0 Å². The fraction of sp³-hybridized carbons (Fsp3) is 0.714. The molecule has 3 nitrogen and oxygen atoms in total. The van der Waals surface area contributed by atoms with Crippen LogP contribution in [-0.2, 0) is 14.2 Å². The lowest BCUT2D eigenvalue weighted by Crippen LogP contribution is -2.20. The number of ether oxygens (including phenoxy) is 3.